The van der Waals surface area contributed by atoms with Crippen LogP contribution in [0.15, 0.2) is 55.1 Å². The molecule has 0 aliphatic rings. The second-order valence-corrected chi connectivity index (χ2v) is 4.31. The quantitative estimate of drug-likeness (QED) is 0.757. The van der Waals surface area contributed by atoms with Crippen LogP contribution in [-0.2, 0) is 0 Å². The standard InChI is InChI=1S/C14H10ClN3/c15-12-3-1-2-11(8-12)14-13(17-9-18-14)10-4-6-16-7-5-10/h1-9H,(H,17,18). The molecule has 0 unspecified atom stereocenters. The van der Waals surface area contributed by atoms with E-state index in [4.69, 9.17) is 11.6 Å². The lowest BCUT2D eigenvalue weighted by Gasteiger charge is -2.03. The lowest BCUT2D eigenvalue weighted by atomic mass is 10.1. The number of imidazole rings is 1. The van der Waals surface area contributed by atoms with E-state index >= 15 is 0 Å². The van der Waals surface area contributed by atoms with Crippen LogP contribution in [0.25, 0.3) is 22.5 Å². The number of nitrogens with zero attached hydrogens (tertiary/aromatic N) is 2. The Morgan fingerprint density at radius 1 is 1.00 bits per heavy atom. The molecule has 0 spiro atoms. The highest BCUT2D eigenvalue weighted by molar-refractivity contribution is 6.30. The molecule has 1 N–H and O–H groups in total. The molecule has 2 heterocycles. The van der Waals surface area contributed by atoms with Crippen LogP contribution in [0.3, 0.4) is 0 Å². The first-order valence-corrected chi connectivity index (χ1v) is 5.92. The fourth-order valence-corrected chi connectivity index (χ4v) is 2.08. The lowest BCUT2D eigenvalue weighted by Crippen LogP contribution is -1.84. The van der Waals surface area contributed by atoms with Crippen LogP contribution in [0, 0.1) is 0 Å². The van der Waals surface area contributed by atoms with Gasteiger partial charge in [0.05, 0.1) is 17.7 Å². The van der Waals surface area contributed by atoms with Gasteiger partial charge in [-0.3, -0.25) is 4.98 Å². The lowest BCUT2D eigenvalue weighted by molar-refractivity contribution is 1.30. The number of halogens is 1. The molecule has 0 saturated heterocycles. The number of aromatic nitrogens is 3. The van der Waals surface area contributed by atoms with E-state index in [-0.39, 0.29) is 0 Å². The minimum absolute atomic E-state index is 0.705. The van der Waals surface area contributed by atoms with Crippen molar-refractivity contribution in [1.29, 1.82) is 0 Å². The molecule has 0 aliphatic heterocycles. The van der Waals surface area contributed by atoms with Gasteiger partial charge in [-0.1, -0.05) is 23.7 Å². The number of hydrogen-bond acceptors (Lipinski definition) is 2. The molecular weight excluding hydrogens is 246 g/mol. The van der Waals surface area contributed by atoms with Gasteiger partial charge in [0.25, 0.3) is 0 Å². The van der Waals surface area contributed by atoms with Crippen LogP contribution in [0.5, 0.6) is 0 Å². The molecule has 0 fully saturated rings. The number of benzene rings is 1. The molecule has 18 heavy (non-hydrogen) atoms. The fourth-order valence-electron chi connectivity index (χ4n) is 1.89. The fraction of sp³-hybridized carbons (Fsp3) is 0. The maximum absolute atomic E-state index is 6.01. The van der Waals surface area contributed by atoms with Crippen molar-refractivity contribution in [3.05, 3.63) is 60.1 Å². The van der Waals surface area contributed by atoms with E-state index in [1.54, 1.807) is 18.7 Å². The van der Waals surface area contributed by atoms with Gasteiger partial charge in [-0.2, -0.15) is 0 Å². The molecule has 0 saturated carbocycles. The zero-order chi connectivity index (χ0) is 12.4. The number of pyridine rings is 1. The number of H-pyrrole nitrogens is 1. The second kappa shape index (κ2) is 4.63. The third kappa shape index (κ3) is 2.00. The molecule has 1 aromatic carbocycles. The van der Waals surface area contributed by atoms with Crippen LogP contribution in [0.4, 0.5) is 0 Å². The summed E-state index contributed by atoms with van der Waals surface area (Å²) in [5.41, 5.74) is 3.91. The molecule has 4 heteroatoms. The normalized spacial score (nSPS) is 10.5. The Kier molecular flexibility index (Phi) is 2.82. The summed E-state index contributed by atoms with van der Waals surface area (Å²) in [6.07, 6.45) is 5.21. The molecule has 0 aliphatic carbocycles. The summed E-state index contributed by atoms with van der Waals surface area (Å²) in [7, 11) is 0. The Balaban J connectivity index is 2.13. The average Bonchev–Trinajstić information content (AvgIpc) is 2.89. The van der Waals surface area contributed by atoms with Crippen LogP contribution >= 0.6 is 11.6 Å². The molecule has 3 nitrogen and oxygen atoms in total. The summed E-state index contributed by atoms with van der Waals surface area (Å²) in [4.78, 5) is 11.5. The topological polar surface area (TPSA) is 41.6 Å². The van der Waals surface area contributed by atoms with Crippen molar-refractivity contribution in [3.63, 3.8) is 0 Å². The number of nitrogens with one attached hydrogen (secondary N) is 1. The van der Waals surface area contributed by atoms with Crippen molar-refractivity contribution in [2.24, 2.45) is 0 Å². The van der Waals surface area contributed by atoms with Gasteiger partial charge < -0.3 is 4.98 Å². The Bertz CT molecular complexity index is 662. The number of rotatable bonds is 2. The monoisotopic (exact) mass is 255 g/mol. The summed E-state index contributed by atoms with van der Waals surface area (Å²) in [5, 5.41) is 0.705. The minimum Gasteiger partial charge on any atom is -0.344 e. The largest absolute Gasteiger partial charge is 0.344 e. The number of hydrogen-bond donors (Lipinski definition) is 1. The van der Waals surface area contributed by atoms with E-state index in [9.17, 15) is 0 Å². The van der Waals surface area contributed by atoms with Gasteiger partial charge in [-0.05, 0) is 24.3 Å². The maximum atomic E-state index is 6.01. The third-order valence-corrected chi connectivity index (χ3v) is 2.94. The van der Waals surface area contributed by atoms with Crippen LogP contribution in [0.2, 0.25) is 5.02 Å². The SMILES string of the molecule is Clc1cccc(-c2nc[nH]c2-c2ccncc2)c1. The summed E-state index contributed by atoms with van der Waals surface area (Å²) in [6.45, 7) is 0. The zero-order valence-corrected chi connectivity index (χ0v) is 10.2. The molecule has 3 aromatic rings. The summed E-state index contributed by atoms with van der Waals surface area (Å²) in [6, 6.07) is 11.6. The average molecular weight is 256 g/mol. The first-order valence-electron chi connectivity index (χ1n) is 5.54. The maximum Gasteiger partial charge on any atom is 0.0961 e. The molecule has 0 radical (unpaired) electrons. The highest BCUT2D eigenvalue weighted by atomic mass is 35.5. The molecule has 88 valence electrons. The van der Waals surface area contributed by atoms with E-state index in [1.165, 1.54) is 0 Å². The van der Waals surface area contributed by atoms with Gasteiger partial charge in [0.2, 0.25) is 0 Å². The van der Waals surface area contributed by atoms with Gasteiger partial charge in [0.1, 0.15) is 0 Å². The molecule has 3 rings (SSSR count). The van der Waals surface area contributed by atoms with Crippen LogP contribution in [0.1, 0.15) is 0 Å². The van der Waals surface area contributed by atoms with Gasteiger partial charge in [0.15, 0.2) is 0 Å². The van der Waals surface area contributed by atoms with Crippen molar-refractivity contribution in [1.82, 2.24) is 15.0 Å². The predicted molar refractivity (Wildman–Crippen MR) is 72.3 cm³/mol. The Morgan fingerprint density at radius 2 is 1.83 bits per heavy atom. The van der Waals surface area contributed by atoms with Crippen LogP contribution < -0.4 is 0 Å². The van der Waals surface area contributed by atoms with E-state index in [0.717, 1.165) is 22.5 Å². The molecule has 0 amide bonds. The highest BCUT2D eigenvalue weighted by Gasteiger charge is 2.10. The van der Waals surface area contributed by atoms with Crippen molar-refractivity contribution < 1.29 is 0 Å². The Labute approximate surface area is 109 Å². The minimum atomic E-state index is 0.705. The Hall–Kier alpha value is -2.13. The summed E-state index contributed by atoms with van der Waals surface area (Å²) in [5.74, 6) is 0. The highest BCUT2D eigenvalue weighted by Crippen LogP contribution is 2.29. The van der Waals surface area contributed by atoms with Crippen molar-refractivity contribution in [2.45, 2.75) is 0 Å². The Morgan fingerprint density at radius 3 is 2.61 bits per heavy atom. The van der Waals surface area contributed by atoms with E-state index in [2.05, 4.69) is 15.0 Å². The molecular formula is C14H10ClN3. The molecule has 0 atom stereocenters. The molecule has 0 bridgehead atoms. The third-order valence-electron chi connectivity index (χ3n) is 2.71. The van der Waals surface area contributed by atoms with Gasteiger partial charge >= 0.3 is 0 Å². The zero-order valence-electron chi connectivity index (χ0n) is 9.47. The van der Waals surface area contributed by atoms with Crippen molar-refractivity contribution in [2.75, 3.05) is 0 Å². The predicted octanol–water partition coefficient (Wildman–Crippen LogP) is 3.79. The van der Waals surface area contributed by atoms with Gasteiger partial charge in [0, 0.05) is 28.5 Å². The van der Waals surface area contributed by atoms with Gasteiger partial charge in [-0.15, -0.1) is 0 Å². The second-order valence-electron chi connectivity index (χ2n) is 3.87. The van der Waals surface area contributed by atoms with Crippen molar-refractivity contribution >= 4 is 11.6 Å². The summed E-state index contributed by atoms with van der Waals surface area (Å²) >= 11 is 6.01. The number of aromatic amines is 1. The first-order chi connectivity index (χ1) is 8.84. The smallest absolute Gasteiger partial charge is 0.0961 e. The van der Waals surface area contributed by atoms with E-state index in [1.807, 2.05) is 36.4 Å². The van der Waals surface area contributed by atoms with E-state index < -0.39 is 0 Å². The van der Waals surface area contributed by atoms with Crippen molar-refractivity contribution in [3.8, 4) is 22.5 Å². The molecule has 2 aromatic heterocycles. The van der Waals surface area contributed by atoms with Gasteiger partial charge in [-0.25, -0.2) is 4.98 Å². The van der Waals surface area contributed by atoms with E-state index in [0.29, 0.717) is 5.02 Å². The first kappa shape index (κ1) is 11.0. The summed E-state index contributed by atoms with van der Waals surface area (Å²) < 4.78 is 0. The van der Waals surface area contributed by atoms with Crippen LogP contribution in [-0.4, -0.2) is 15.0 Å².